The number of carbonyl (C=O) groups excluding carboxylic acids is 3. The lowest BCUT2D eigenvalue weighted by atomic mass is 9.71. The summed E-state index contributed by atoms with van der Waals surface area (Å²) in [4.78, 5) is 34.3. The van der Waals surface area contributed by atoms with Gasteiger partial charge in [0.05, 0.1) is 0 Å². The van der Waals surface area contributed by atoms with Gasteiger partial charge >= 0.3 is 17.9 Å². The summed E-state index contributed by atoms with van der Waals surface area (Å²) in [7, 11) is 0. The summed E-state index contributed by atoms with van der Waals surface area (Å²) in [6, 6.07) is 21.4. The topological polar surface area (TPSA) is 78.9 Å². The van der Waals surface area contributed by atoms with Crippen LogP contribution in [0.5, 0.6) is 17.2 Å². The highest BCUT2D eigenvalue weighted by molar-refractivity contribution is 6.26. The van der Waals surface area contributed by atoms with Crippen molar-refractivity contribution in [2.75, 3.05) is 11.8 Å². The van der Waals surface area contributed by atoms with Gasteiger partial charge < -0.3 is 14.2 Å². The summed E-state index contributed by atoms with van der Waals surface area (Å²) in [5.41, 5.74) is 2.07. The van der Waals surface area contributed by atoms with Crippen LogP contribution in [0, 0.1) is 0 Å². The van der Waals surface area contributed by atoms with Crippen LogP contribution in [0.1, 0.15) is 30.5 Å². The van der Waals surface area contributed by atoms with Gasteiger partial charge in [-0.15, -0.1) is 23.2 Å². The second kappa shape index (κ2) is 11.2. The Kier molecular flexibility index (Phi) is 8.31. The zero-order valence-electron chi connectivity index (χ0n) is 18.5. The van der Waals surface area contributed by atoms with Gasteiger partial charge in [-0.25, -0.2) is 0 Å². The molecule has 34 heavy (non-hydrogen) atoms. The van der Waals surface area contributed by atoms with Gasteiger partial charge in [0.2, 0.25) is 0 Å². The number of hydrogen-bond donors (Lipinski definition) is 0. The van der Waals surface area contributed by atoms with E-state index in [1.165, 1.54) is 6.92 Å². The molecule has 0 aliphatic rings. The Morgan fingerprint density at radius 2 is 0.912 bits per heavy atom. The summed E-state index contributed by atoms with van der Waals surface area (Å²) in [5.74, 6) is -0.773. The number of rotatable bonds is 8. The van der Waals surface area contributed by atoms with Crippen LogP contribution >= 0.6 is 23.2 Å². The number of halogens is 2. The van der Waals surface area contributed by atoms with Crippen LogP contribution in [0.4, 0.5) is 0 Å². The van der Waals surface area contributed by atoms with E-state index < -0.39 is 23.3 Å². The Morgan fingerprint density at radius 1 is 0.618 bits per heavy atom. The number of hydrogen-bond acceptors (Lipinski definition) is 6. The Morgan fingerprint density at radius 3 is 1.18 bits per heavy atom. The molecule has 3 aromatic carbocycles. The molecule has 0 unspecified atom stereocenters. The molecule has 0 N–H and O–H groups in total. The molecule has 0 spiro atoms. The first-order chi connectivity index (χ1) is 16.3. The molecule has 176 valence electrons. The number of ether oxygens (including phenoxy) is 3. The first-order valence-electron chi connectivity index (χ1n) is 10.3. The van der Waals surface area contributed by atoms with Crippen LogP contribution in [0.3, 0.4) is 0 Å². The molecule has 0 heterocycles. The molecule has 8 heteroatoms. The fourth-order valence-electron chi connectivity index (χ4n) is 3.55. The average molecular weight is 501 g/mol. The van der Waals surface area contributed by atoms with Crippen molar-refractivity contribution in [3.8, 4) is 17.2 Å². The molecule has 0 saturated carbocycles. The van der Waals surface area contributed by atoms with E-state index in [4.69, 9.17) is 37.4 Å². The molecule has 3 rings (SSSR count). The van der Waals surface area contributed by atoms with E-state index in [2.05, 4.69) is 0 Å². The molecule has 6 nitrogen and oxygen atoms in total. The van der Waals surface area contributed by atoms with Crippen molar-refractivity contribution in [2.24, 2.45) is 0 Å². The van der Waals surface area contributed by atoms with Crippen LogP contribution < -0.4 is 14.2 Å². The minimum Gasteiger partial charge on any atom is -0.427 e. The van der Waals surface area contributed by atoms with Crippen LogP contribution in [0.25, 0.3) is 0 Å². The lowest BCUT2D eigenvalue weighted by Crippen LogP contribution is -2.25. The molecule has 0 radical (unpaired) electrons. The third kappa shape index (κ3) is 5.95. The van der Waals surface area contributed by atoms with E-state index in [9.17, 15) is 14.4 Å². The van der Waals surface area contributed by atoms with Gasteiger partial charge in [-0.3, -0.25) is 14.4 Å². The Balaban J connectivity index is 2.03. The van der Waals surface area contributed by atoms with Gasteiger partial charge in [0.25, 0.3) is 0 Å². The molecule has 0 atom stereocenters. The zero-order chi connectivity index (χ0) is 24.7. The van der Waals surface area contributed by atoms with Crippen molar-refractivity contribution < 1.29 is 28.6 Å². The molecule has 0 aliphatic carbocycles. The summed E-state index contributed by atoms with van der Waals surface area (Å²) >= 11 is 11.0. The quantitative estimate of drug-likeness (QED) is 0.182. The molecule has 0 saturated heterocycles. The predicted molar refractivity (Wildman–Crippen MR) is 129 cm³/mol. The van der Waals surface area contributed by atoms with Gasteiger partial charge in [0.15, 0.2) is 0 Å². The van der Waals surface area contributed by atoms with E-state index >= 15 is 0 Å². The van der Waals surface area contributed by atoms with Gasteiger partial charge in [0, 0.05) is 12.3 Å². The molecule has 0 aliphatic heterocycles. The Bertz CT molecular complexity index is 1090. The third-order valence-corrected chi connectivity index (χ3v) is 5.67. The number of carbonyl (C=O) groups is 3. The minimum absolute atomic E-state index is 0.241. The van der Waals surface area contributed by atoms with E-state index in [1.807, 2.05) is 43.3 Å². The summed E-state index contributed by atoms with van der Waals surface area (Å²) in [6.45, 7) is 3.38. The highest BCUT2D eigenvalue weighted by Gasteiger charge is 2.31. The highest BCUT2D eigenvalue weighted by Crippen LogP contribution is 2.40. The van der Waals surface area contributed by atoms with E-state index in [0.29, 0.717) is 17.2 Å². The molecule has 3 aromatic rings. The standard InChI is InChI=1S/C26H22Cl2O6/c1-17(29)32-21-9-3-18(4-10-21)26(2,19-5-11-22(12-6-19)33-24(30)15-27)20-7-13-23(14-8-20)34-25(31)16-28/h3-14H,15-16H2,1-2H3. The summed E-state index contributed by atoms with van der Waals surface area (Å²) in [6.07, 6.45) is 0. The van der Waals surface area contributed by atoms with Crippen molar-refractivity contribution in [3.05, 3.63) is 89.5 Å². The van der Waals surface area contributed by atoms with Gasteiger partial charge in [0.1, 0.15) is 29.0 Å². The summed E-state index contributed by atoms with van der Waals surface area (Å²) < 4.78 is 15.5. The van der Waals surface area contributed by atoms with Crippen LogP contribution in [0.15, 0.2) is 72.8 Å². The van der Waals surface area contributed by atoms with E-state index in [-0.39, 0.29) is 11.8 Å². The molecule has 0 aromatic heterocycles. The fourth-order valence-corrected chi connectivity index (χ4v) is 3.66. The largest absolute Gasteiger partial charge is 0.427 e. The number of alkyl halides is 2. The zero-order valence-corrected chi connectivity index (χ0v) is 20.1. The normalized spacial score (nSPS) is 10.9. The monoisotopic (exact) mass is 500 g/mol. The second-order valence-electron chi connectivity index (χ2n) is 7.51. The van der Waals surface area contributed by atoms with Crippen molar-refractivity contribution in [1.29, 1.82) is 0 Å². The van der Waals surface area contributed by atoms with Gasteiger partial charge in [-0.05, 0) is 60.0 Å². The number of benzene rings is 3. The smallest absolute Gasteiger partial charge is 0.326 e. The third-order valence-electron chi connectivity index (χ3n) is 5.24. The SMILES string of the molecule is CC(=O)Oc1ccc(C(C)(c2ccc(OC(=O)CCl)cc2)c2ccc(OC(=O)CCl)cc2)cc1. The minimum atomic E-state index is -0.654. The van der Waals surface area contributed by atoms with Crippen LogP contribution in [-0.2, 0) is 19.8 Å². The Labute approximate surface area is 207 Å². The highest BCUT2D eigenvalue weighted by atomic mass is 35.5. The van der Waals surface area contributed by atoms with E-state index in [1.54, 1.807) is 36.4 Å². The second-order valence-corrected chi connectivity index (χ2v) is 8.04. The van der Waals surface area contributed by atoms with Crippen molar-refractivity contribution >= 4 is 41.1 Å². The molecule has 0 bridgehead atoms. The van der Waals surface area contributed by atoms with Crippen LogP contribution in [0.2, 0.25) is 0 Å². The maximum atomic E-state index is 11.5. The first kappa shape index (κ1) is 25.3. The number of esters is 3. The molecule has 0 amide bonds. The predicted octanol–water partition coefficient (Wildman–Crippen LogP) is 5.25. The van der Waals surface area contributed by atoms with Crippen LogP contribution in [-0.4, -0.2) is 29.7 Å². The first-order valence-corrected chi connectivity index (χ1v) is 11.4. The molecule has 0 fully saturated rings. The van der Waals surface area contributed by atoms with Crippen molar-refractivity contribution in [3.63, 3.8) is 0 Å². The van der Waals surface area contributed by atoms with Crippen molar-refractivity contribution in [1.82, 2.24) is 0 Å². The van der Waals surface area contributed by atoms with Gasteiger partial charge in [-0.2, -0.15) is 0 Å². The lowest BCUT2D eigenvalue weighted by molar-refractivity contribution is -0.132. The van der Waals surface area contributed by atoms with E-state index in [0.717, 1.165) is 16.7 Å². The lowest BCUT2D eigenvalue weighted by Gasteiger charge is -2.32. The maximum absolute atomic E-state index is 11.5. The maximum Gasteiger partial charge on any atom is 0.326 e. The molecular weight excluding hydrogens is 479 g/mol. The fraction of sp³-hybridized carbons (Fsp3) is 0.192. The van der Waals surface area contributed by atoms with Crippen molar-refractivity contribution in [2.45, 2.75) is 19.3 Å². The van der Waals surface area contributed by atoms with Gasteiger partial charge in [-0.1, -0.05) is 36.4 Å². The summed E-state index contributed by atoms with van der Waals surface area (Å²) in [5, 5.41) is 0. The average Bonchev–Trinajstić information content (AvgIpc) is 2.84. The molecular formula is C26H22Cl2O6. The Hall–Kier alpha value is -3.35.